The number of nitrogens with zero attached hydrogens (tertiary/aromatic N) is 3. The number of aryl methyl sites for hydroxylation is 1. The molecule has 27 heavy (non-hydrogen) atoms. The van der Waals surface area contributed by atoms with E-state index < -0.39 is 0 Å². The number of likely N-dealkylation sites (tertiary alicyclic amines) is 1. The van der Waals surface area contributed by atoms with Crippen LogP contribution in [0.5, 0.6) is 0 Å². The Morgan fingerprint density at radius 1 is 1.15 bits per heavy atom. The zero-order chi connectivity index (χ0) is 19.8. The molecule has 2 heterocycles. The Labute approximate surface area is 172 Å². The van der Waals surface area contributed by atoms with Gasteiger partial charge in [-0.15, -0.1) is 0 Å². The largest absolute Gasteiger partial charge is 0.370 e. The Balaban J connectivity index is 0.000000208. The van der Waals surface area contributed by atoms with E-state index in [1.54, 1.807) is 0 Å². The van der Waals surface area contributed by atoms with E-state index in [4.69, 9.17) is 28.9 Å². The first kappa shape index (κ1) is 21.7. The normalized spacial score (nSPS) is 15.1. The van der Waals surface area contributed by atoms with Gasteiger partial charge in [0.1, 0.15) is 5.82 Å². The summed E-state index contributed by atoms with van der Waals surface area (Å²) in [5.41, 5.74) is 7.56. The average molecular weight is 410 g/mol. The van der Waals surface area contributed by atoms with Crippen LogP contribution in [0.2, 0.25) is 10.0 Å². The van der Waals surface area contributed by atoms with Gasteiger partial charge in [0, 0.05) is 24.8 Å². The van der Waals surface area contributed by atoms with Gasteiger partial charge in [-0.25, -0.2) is 4.98 Å². The summed E-state index contributed by atoms with van der Waals surface area (Å²) in [5.74, 6) is 1.99. The molecule has 7 heteroatoms. The van der Waals surface area contributed by atoms with Gasteiger partial charge in [-0.2, -0.15) is 4.98 Å². The molecule has 0 radical (unpaired) electrons. The highest BCUT2D eigenvalue weighted by molar-refractivity contribution is 6.42. The van der Waals surface area contributed by atoms with Crippen molar-refractivity contribution in [3.8, 4) is 0 Å². The second kappa shape index (κ2) is 10.7. The van der Waals surface area contributed by atoms with Crippen molar-refractivity contribution in [3.05, 3.63) is 45.6 Å². The van der Waals surface area contributed by atoms with E-state index in [0.717, 1.165) is 30.5 Å². The number of piperidine rings is 1. The Bertz CT molecular complexity index is 710. The molecule has 1 saturated heterocycles. The molecule has 0 aliphatic carbocycles. The molecule has 0 saturated carbocycles. The van der Waals surface area contributed by atoms with Gasteiger partial charge in [0.25, 0.3) is 0 Å². The number of nitrogen functional groups attached to an aromatic ring is 1. The molecule has 1 aromatic carbocycles. The van der Waals surface area contributed by atoms with E-state index in [0.29, 0.717) is 16.0 Å². The smallest absolute Gasteiger partial charge is 0.222 e. The van der Waals surface area contributed by atoms with Gasteiger partial charge in [0.15, 0.2) is 0 Å². The second-order valence-corrected chi connectivity index (χ2v) is 7.80. The summed E-state index contributed by atoms with van der Waals surface area (Å²) in [6.07, 6.45) is 2.61. The van der Waals surface area contributed by atoms with E-state index in [1.165, 1.54) is 31.5 Å². The zero-order valence-corrected chi connectivity index (χ0v) is 17.8. The maximum Gasteiger partial charge on any atom is 0.222 e. The second-order valence-electron chi connectivity index (χ2n) is 6.99. The Morgan fingerprint density at radius 3 is 2.44 bits per heavy atom. The van der Waals surface area contributed by atoms with Crippen LogP contribution in [-0.4, -0.2) is 34.5 Å². The lowest BCUT2D eigenvalue weighted by atomic mass is 9.99. The predicted octanol–water partition coefficient (Wildman–Crippen LogP) is 5.02. The van der Waals surface area contributed by atoms with Gasteiger partial charge >= 0.3 is 0 Å². The van der Waals surface area contributed by atoms with E-state index in [-0.39, 0.29) is 0 Å². The number of halogens is 2. The minimum atomic E-state index is 0.320. The van der Waals surface area contributed by atoms with Crippen molar-refractivity contribution < 1.29 is 0 Å². The fraction of sp³-hybridized carbons (Fsp3) is 0.500. The first-order valence-electron chi connectivity index (χ1n) is 9.38. The lowest BCUT2D eigenvalue weighted by Gasteiger charge is -2.30. The van der Waals surface area contributed by atoms with Crippen molar-refractivity contribution >= 4 is 35.0 Å². The molecule has 1 aliphatic rings. The molecule has 1 aliphatic heterocycles. The number of rotatable bonds is 4. The lowest BCUT2D eigenvalue weighted by molar-refractivity contribution is 0.185. The Kier molecular flexibility index (Phi) is 8.61. The van der Waals surface area contributed by atoms with Crippen molar-refractivity contribution in [2.24, 2.45) is 5.92 Å². The van der Waals surface area contributed by atoms with Crippen LogP contribution in [-0.2, 0) is 6.54 Å². The van der Waals surface area contributed by atoms with Crippen LogP contribution < -0.4 is 11.1 Å². The van der Waals surface area contributed by atoms with Crippen LogP contribution in [0, 0.1) is 12.8 Å². The topological polar surface area (TPSA) is 67.1 Å². The maximum atomic E-state index is 6.00. The molecule has 1 aromatic heterocycles. The highest BCUT2D eigenvalue weighted by atomic mass is 35.5. The summed E-state index contributed by atoms with van der Waals surface area (Å²) in [6, 6.07) is 7.78. The molecule has 0 atom stereocenters. The van der Waals surface area contributed by atoms with Crippen molar-refractivity contribution in [2.75, 3.05) is 30.7 Å². The molecule has 2 aromatic rings. The number of hydrogen-bond acceptors (Lipinski definition) is 5. The molecule has 1 fully saturated rings. The third kappa shape index (κ3) is 7.53. The van der Waals surface area contributed by atoms with Crippen molar-refractivity contribution in [3.63, 3.8) is 0 Å². The van der Waals surface area contributed by atoms with E-state index in [2.05, 4.69) is 33.2 Å². The Hall–Kier alpha value is -1.56. The standard InChI is InChI=1S/C13H17Cl2N.C7H12N4/c1-10-4-6-16(7-5-10)9-11-2-3-12(14)13(15)8-11;1-3-9-6-4-5(2)10-7(8)11-6/h2-3,8,10H,4-7,9H2,1H3;4H,3H2,1-2H3,(H3,8,9,10,11). The van der Waals surface area contributed by atoms with E-state index >= 15 is 0 Å². The number of anilines is 2. The number of benzene rings is 1. The van der Waals surface area contributed by atoms with Crippen molar-refractivity contribution in [1.82, 2.24) is 14.9 Å². The maximum absolute atomic E-state index is 6.00. The highest BCUT2D eigenvalue weighted by Crippen LogP contribution is 2.24. The molecule has 0 amide bonds. The molecular formula is C20H29Cl2N5. The fourth-order valence-electron chi connectivity index (χ4n) is 2.98. The summed E-state index contributed by atoms with van der Waals surface area (Å²) in [6.45, 7) is 10.4. The van der Waals surface area contributed by atoms with Gasteiger partial charge in [-0.1, -0.05) is 36.2 Å². The molecule has 148 valence electrons. The van der Waals surface area contributed by atoms with Crippen LogP contribution in [0.1, 0.15) is 37.9 Å². The van der Waals surface area contributed by atoms with Crippen LogP contribution in [0.3, 0.4) is 0 Å². The number of aromatic nitrogens is 2. The highest BCUT2D eigenvalue weighted by Gasteiger charge is 2.15. The third-order valence-electron chi connectivity index (χ3n) is 4.50. The van der Waals surface area contributed by atoms with E-state index in [1.807, 2.05) is 32.0 Å². The van der Waals surface area contributed by atoms with Crippen molar-refractivity contribution in [1.29, 1.82) is 0 Å². The third-order valence-corrected chi connectivity index (χ3v) is 5.23. The minimum absolute atomic E-state index is 0.320. The van der Waals surface area contributed by atoms with E-state index in [9.17, 15) is 0 Å². The number of nitrogens with two attached hydrogens (primary N) is 1. The quantitative estimate of drug-likeness (QED) is 0.741. The average Bonchev–Trinajstić information content (AvgIpc) is 2.60. The van der Waals surface area contributed by atoms with Gasteiger partial charge in [0.05, 0.1) is 10.0 Å². The van der Waals surface area contributed by atoms with Gasteiger partial charge in [-0.05, 0) is 63.4 Å². The molecule has 3 N–H and O–H groups in total. The molecule has 0 bridgehead atoms. The Morgan fingerprint density at radius 2 is 1.85 bits per heavy atom. The molecular weight excluding hydrogens is 381 g/mol. The number of hydrogen-bond donors (Lipinski definition) is 2. The summed E-state index contributed by atoms with van der Waals surface area (Å²) in [5, 5.41) is 4.35. The van der Waals surface area contributed by atoms with Gasteiger partial charge in [0.2, 0.25) is 5.95 Å². The zero-order valence-electron chi connectivity index (χ0n) is 16.3. The van der Waals surface area contributed by atoms with Crippen molar-refractivity contribution in [2.45, 2.75) is 40.2 Å². The summed E-state index contributed by atoms with van der Waals surface area (Å²) >= 11 is 11.9. The minimum Gasteiger partial charge on any atom is -0.370 e. The lowest BCUT2D eigenvalue weighted by Crippen LogP contribution is -2.32. The number of nitrogens with one attached hydrogen (secondary N) is 1. The fourth-order valence-corrected chi connectivity index (χ4v) is 3.30. The van der Waals surface area contributed by atoms with Gasteiger partial charge < -0.3 is 11.1 Å². The predicted molar refractivity (Wildman–Crippen MR) is 115 cm³/mol. The van der Waals surface area contributed by atoms with Crippen LogP contribution in [0.15, 0.2) is 24.3 Å². The monoisotopic (exact) mass is 409 g/mol. The first-order chi connectivity index (χ1) is 12.9. The molecule has 0 spiro atoms. The van der Waals surface area contributed by atoms with Crippen LogP contribution in [0.25, 0.3) is 0 Å². The van der Waals surface area contributed by atoms with Gasteiger partial charge in [-0.3, -0.25) is 4.90 Å². The molecule has 5 nitrogen and oxygen atoms in total. The molecule has 3 rings (SSSR count). The summed E-state index contributed by atoms with van der Waals surface area (Å²) in [4.78, 5) is 10.4. The SMILES string of the molecule is CC1CCN(Cc2ccc(Cl)c(Cl)c2)CC1.CCNc1cc(C)nc(N)n1. The summed E-state index contributed by atoms with van der Waals surface area (Å²) in [7, 11) is 0. The van der Waals surface area contributed by atoms with Crippen LogP contribution >= 0.6 is 23.2 Å². The van der Waals surface area contributed by atoms with Crippen LogP contribution in [0.4, 0.5) is 11.8 Å². The molecule has 0 unspecified atom stereocenters. The first-order valence-corrected chi connectivity index (χ1v) is 10.1. The summed E-state index contributed by atoms with van der Waals surface area (Å²) < 4.78 is 0.